The van der Waals surface area contributed by atoms with Crippen LogP contribution in [-0.4, -0.2) is 18.7 Å². The minimum absolute atomic E-state index is 0.283. The fourth-order valence-corrected chi connectivity index (χ4v) is 3.49. The molecule has 0 aliphatic carbocycles. The molecule has 4 aromatic rings. The quantitative estimate of drug-likeness (QED) is 0.561. The lowest BCUT2D eigenvalue weighted by Gasteiger charge is -2.14. The summed E-state index contributed by atoms with van der Waals surface area (Å²) in [6.45, 7) is 5.35. The van der Waals surface area contributed by atoms with Gasteiger partial charge in [-0.2, -0.15) is 0 Å². The summed E-state index contributed by atoms with van der Waals surface area (Å²) in [5.41, 5.74) is 2.94. The lowest BCUT2D eigenvalue weighted by molar-refractivity contribution is 0.502. The highest BCUT2D eigenvalue weighted by atomic mass is 16.2. The molecule has 0 unspecified atom stereocenters. The van der Waals surface area contributed by atoms with Crippen LogP contribution < -0.4 is 11.2 Å². The second-order valence-corrected chi connectivity index (χ2v) is 7.37. The molecular formula is C21H22N4O2. The Labute approximate surface area is 156 Å². The molecule has 0 aliphatic rings. The number of imidazole rings is 1. The third kappa shape index (κ3) is 2.97. The zero-order valence-electron chi connectivity index (χ0n) is 15.7. The number of hydrogen-bond donors (Lipinski definition) is 0. The Morgan fingerprint density at radius 1 is 1.04 bits per heavy atom. The van der Waals surface area contributed by atoms with E-state index in [-0.39, 0.29) is 17.2 Å². The molecule has 0 saturated heterocycles. The van der Waals surface area contributed by atoms with Crippen molar-refractivity contribution in [3.8, 4) is 0 Å². The van der Waals surface area contributed by atoms with Crippen LogP contribution in [0.2, 0.25) is 0 Å². The summed E-state index contributed by atoms with van der Waals surface area (Å²) in [6.07, 6.45) is 1.78. The van der Waals surface area contributed by atoms with E-state index in [9.17, 15) is 9.59 Å². The van der Waals surface area contributed by atoms with Crippen molar-refractivity contribution < 1.29 is 0 Å². The first-order valence-electron chi connectivity index (χ1n) is 9.08. The molecule has 0 fully saturated rings. The standard InChI is InChI=1S/C21H22N4O2/c1-14(2)11-25-18-10-19-17(9-16(18)20(26)23(3)21(25)27)22-13-24(19)12-15-7-5-4-6-8-15/h4-10,13-14H,11-12H2,1-3H3. The summed E-state index contributed by atoms with van der Waals surface area (Å²) in [7, 11) is 1.53. The Kier molecular flexibility index (Phi) is 4.18. The van der Waals surface area contributed by atoms with Crippen LogP contribution in [0.5, 0.6) is 0 Å². The van der Waals surface area contributed by atoms with Gasteiger partial charge in [-0.25, -0.2) is 9.78 Å². The van der Waals surface area contributed by atoms with Crippen molar-refractivity contribution in [2.45, 2.75) is 26.9 Å². The summed E-state index contributed by atoms with van der Waals surface area (Å²) in [5.74, 6) is 0.285. The van der Waals surface area contributed by atoms with Gasteiger partial charge < -0.3 is 4.57 Å². The minimum atomic E-state index is -0.283. The van der Waals surface area contributed by atoms with Gasteiger partial charge in [0.05, 0.1) is 28.3 Å². The van der Waals surface area contributed by atoms with Crippen molar-refractivity contribution in [3.05, 3.63) is 75.2 Å². The Balaban J connectivity index is 1.98. The van der Waals surface area contributed by atoms with Crippen LogP contribution in [0.1, 0.15) is 19.4 Å². The first kappa shape index (κ1) is 17.3. The van der Waals surface area contributed by atoms with Gasteiger partial charge in [0.1, 0.15) is 0 Å². The van der Waals surface area contributed by atoms with Crippen LogP contribution in [0, 0.1) is 5.92 Å². The smallest absolute Gasteiger partial charge is 0.326 e. The maximum Gasteiger partial charge on any atom is 0.331 e. The van der Waals surface area contributed by atoms with Gasteiger partial charge in [-0.05, 0) is 23.6 Å². The van der Waals surface area contributed by atoms with Crippen molar-refractivity contribution in [3.63, 3.8) is 0 Å². The number of rotatable bonds is 4. The minimum Gasteiger partial charge on any atom is -0.326 e. The maximum atomic E-state index is 12.7. The molecule has 0 radical (unpaired) electrons. The molecule has 6 nitrogen and oxygen atoms in total. The van der Waals surface area contributed by atoms with Gasteiger partial charge >= 0.3 is 5.69 Å². The molecule has 0 N–H and O–H groups in total. The van der Waals surface area contributed by atoms with E-state index in [0.717, 1.165) is 11.0 Å². The molecule has 0 bridgehead atoms. The highest BCUT2D eigenvalue weighted by Gasteiger charge is 2.15. The zero-order valence-corrected chi connectivity index (χ0v) is 15.7. The molecule has 6 heteroatoms. The Bertz CT molecular complexity index is 1250. The van der Waals surface area contributed by atoms with E-state index in [1.807, 2.05) is 28.8 Å². The number of aromatic nitrogens is 4. The van der Waals surface area contributed by atoms with Gasteiger partial charge in [0.2, 0.25) is 0 Å². The zero-order chi connectivity index (χ0) is 19.1. The average Bonchev–Trinajstić information content (AvgIpc) is 3.05. The second kappa shape index (κ2) is 6.54. The van der Waals surface area contributed by atoms with Crippen LogP contribution in [0.15, 0.2) is 58.4 Å². The van der Waals surface area contributed by atoms with Crippen molar-refractivity contribution in [1.29, 1.82) is 0 Å². The molecule has 0 amide bonds. The maximum absolute atomic E-state index is 12.7. The summed E-state index contributed by atoms with van der Waals surface area (Å²) >= 11 is 0. The van der Waals surface area contributed by atoms with Gasteiger partial charge in [0.15, 0.2) is 0 Å². The Morgan fingerprint density at radius 2 is 1.78 bits per heavy atom. The van der Waals surface area contributed by atoms with Crippen LogP contribution in [-0.2, 0) is 20.1 Å². The fourth-order valence-electron chi connectivity index (χ4n) is 3.49. The molecule has 2 aromatic heterocycles. The molecule has 4 rings (SSSR count). The largest absolute Gasteiger partial charge is 0.331 e. The van der Waals surface area contributed by atoms with Gasteiger partial charge in [-0.1, -0.05) is 44.2 Å². The average molecular weight is 362 g/mol. The molecule has 2 aromatic carbocycles. The highest BCUT2D eigenvalue weighted by Crippen LogP contribution is 2.21. The molecular weight excluding hydrogens is 340 g/mol. The normalized spacial score (nSPS) is 11.7. The van der Waals surface area contributed by atoms with Crippen molar-refractivity contribution in [1.82, 2.24) is 18.7 Å². The molecule has 0 atom stereocenters. The molecule has 138 valence electrons. The lowest BCUT2D eigenvalue weighted by atomic mass is 10.1. The van der Waals surface area contributed by atoms with E-state index in [4.69, 9.17) is 0 Å². The third-order valence-corrected chi connectivity index (χ3v) is 4.83. The van der Waals surface area contributed by atoms with Gasteiger partial charge in [0, 0.05) is 20.1 Å². The summed E-state index contributed by atoms with van der Waals surface area (Å²) in [6, 6.07) is 13.9. The summed E-state index contributed by atoms with van der Waals surface area (Å²) in [5, 5.41) is 0.523. The van der Waals surface area contributed by atoms with Crippen molar-refractivity contribution >= 4 is 21.9 Å². The first-order chi connectivity index (χ1) is 13.0. The molecule has 2 heterocycles. The second-order valence-electron chi connectivity index (χ2n) is 7.37. The van der Waals surface area contributed by atoms with Crippen LogP contribution >= 0.6 is 0 Å². The SMILES string of the molecule is CC(C)Cn1c(=O)n(C)c(=O)c2cc3ncn(Cc4ccccc4)c3cc21. The highest BCUT2D eigenvalue weighted by molar-refractivity contribution is 5.93. The van der Waals surface area contributed by atoms with E-state index in [0.29, 0.717) is 24.0 Å². The molecule has 0 saturated carbocycles. The first-order valence-corrected chi connectivity index (χ1v) is 9.08. The predicted molar refractivity (Wildman–Crippen MR) is 107 cm³/mol. The van der Waals surface area contributed by atoms with E-state index in [1.165, 1.54) is 17.2 Å². The predicted octanol–water partition coefficient (Wildman–Crippen LogP) is 2.75. The Hall–Kier alpha value is -3.15. The third-order valence-electron chi connectivity index (χ3n) is 4.83. The number of hydrogen-bond acceptors (Lipinski definition) is 3. The van der Waals surface area contributed by atoms with E-state index in [1.54, 1.807) is 17.0 Å². The number of fused-ring (bicyclic) bond motifs is 2. The van der Waals surface area contributed by atoms with Gasteiger partial charge in [0.25, 0.3) is 5.56 Å². The Morgan fingerprint density at radius 3 is 2.48 bits per heavy atom. The van der Waals surface area contributed by atoms with E-state index in [2.05, 4.69) is 31.0 Å². The topological polar surface area (TPSA) is 61.8 Å². The summed E-state index contributed by atoms with van der Waals surface area (Å²) < 4.78 is 4.92. The molecule has 0 spiro atoms. The monoisotopic (exact) mass is 362 g/mol. The number of benzene rings is 2. The van der Waals surface area contributed by atoms with Crippen LogP contribution in [0.25, 0.3) is 21.9 Å². The van der Waals surface area contributed by atoms with E-state index >= 15 is 0 Å². The van der Waals surface area contributed by atoms with Gasteiger partial charge in [-0.3, -0.25) is 13.9 Å². The van der Waals surface area contributed by atoms with E-state index < -0.39 is 0 Å². The molecule has 27 heavy (non-hydrogen) atoms. The van der Waals surface area contributed by atoms with Crippen LogP contribution in [0.3, 0.4) is 0 Å². The lowest BCUT2D eigenvalue weighted by Crippen LogP contribution is -2.38. The molecule has 0 aliphatic heterocycles. The summed E-state index contributed by atoms with van der Waals surface area (Å²) in [4.78, 5) is 29.8. The number of nitrogens with zero attached hydrogens (tertiary/aromatic N) is 4. The van der Waals surface area contributed by atoms with Crippen LogP contribution in [0.4, 0.5) is 0 Å². The van der Waals surface area contributed by atoms with Gasteiger partial charge in [-0.15, -0.1) is 0 Å². The van der Waals surface area contributed by atoms with Crippen molar-refractivity contribution in [2.24, 2.45) is 13.0 Å². The van der Waals surface area contributed by atoms with Crippen molar-refractivity contribution in [2.75, 3.05) is 0 Å². The fraction of sp³-hybridized carbons (Fsp3) is 0.286.